The van der Waals surface area contributed by atoms with E-state index in [0.29, 0.717) is 5.56 Å². The average Bonchev–Trinajstić information content (AvgIpc) is 2.37. The Balaban J connectivity index is 1.53. The molecule has 4 saturated carbocycles. The number of benzene rings is 1. The predicted molar refractivity (Wildman–Crippen MR) is 72.7 cm³/mol. The van der Waals surface area contributed by atoms with Gasteiger partial charge in [-0.1, -0.05) is 0 Å². The molecule has 0 amide bonds. The lowest BCUT2D eigenvalue weighted by Crippen LogP contribution is -2.52. The second-order valence-corrected chi connectivity index (χ2v) is 7.00. The van der Waals surface area contributed by atoms with E-state index in [-0.39, 0.29) is 17.4 Å². The minimum atomic E-state index is -0.323. The maximum atomic E-state index is 12.9. The Morgan fingerprint density at radius 1 is 1.00 bits per heavy atom. The molecule has 0 unspecified atom stereocenters. The zero-order valence-electron chi connectivity index (χ0n) is 11.5. The molecule has 0 N–H and O–H groups in total. The average molecular weight is 274 g/mol. The van der Waals surface area contributed by atoms with Crippen LogP contribution in [0, 0.1) is 23.6 Å². The van der Waals surface area contributed by atoms with Gasteiger partial charge in [-0.25, -0.2) is 9.18 Å². The molecule has 4 aliphatic carbocycles. The van der Waals surface area contributed by atoms with Gasteiger partial charge in [-0.15, -0.1) is 0 Å². The number of carbonyl (C=O) groups is 1. The Labute approximate surface area is 118 Å². The lowest BCUT2D eigenvalue weighted by atomic mass is 9.54. The second-order valence-electron chi connectivity index (χ2n) is 7.00. The number of carbonyl (C=O) groups excluding carboxylic acids is 1. The van der Waals surface area contributed by atoms with Crippen LogP contribution in [-0.2, 0) is 4.74 Å². The summed E-state index contributed by atoms with van der Waals surface area (Å²) in [5, 5.41) is 0. The van der Waals surface area contributed by atoms with E-state index < -0.39 is 0 Å². The number of ether oxygens (including phenoxy) is 1. The first-order valence-corrected chi connectivity index (χ1v) is 7.61. The van der Waals surface area contributed by atoms with Crippen molar-refractivity contribution in [1.82, 2.24) is 0 Å². The number of halogens is 1. The van der Waals surface area contributed by atoms with Gasteiger partial charge in [0.15, 0.2) is 0 Å². The van der Waals surface area contributed by atoms with Crippen LogP contribution in [0.2, 0.25) is 0 Å². The van der Waals surface area contributed by atoms with Gasteiger partial charge in [-0.3, -0.25) is 0 Å². The van der Waals surface area contributed by atoms with Crippen molar-refractivity contribution in [3.8, 4) is 0 Å². The van der Waals surface area contributed by atoms with E-state index in [1.54, 1.807) is 0 Å². The second kappa shape index (κ2) is 4.31. The van der Waals surface area contributed by atoms with Crippen molar-refractivity contribution in [2.45, 2.75) is 44.1 Å². The highest BCUT2D eigenvalue weighted by molar-refractivity contribution is 5.89. The van der Waals surface area contributed by atoms with Crippen LogP contribution in [0.25, 0.3) is 0 Å². The van der Waals surface area contributed by atoms with E-state index in [1.165, 1.54) is 43.5 Å². The zero-order valence-corrected chi connectivity index (χ0v) is 11.5. The van der Waals surface area contributed by atoms with Crippen LogP contribution in [0.15, 0.2) is 24.3 Å². The van der Waals surface area contributed by atoms with Crippen LogP contribution in [0.5, 0.6) is 0 Å². The van der Waals surface area contributed by atoms with Crippen molar-refractivity contribution in [2.24, 2.45) is 17.8 Å². The molecule has 4 aliphatic rings. The van der Waals surface area contributed by atoms with E-state index in [4.69, 9.17) is 4.74 Å². The molecule has 4 bridgehead atoms. The summed E-state index contributed by atoms with van der Waals surface area (Å²) in [4.78, 5) is 12.3. The fourth-order valence-corrected chi connectivity index (χ4v) is 5.00. The fourth-order valence-electron chi connectivity index (χ4n) is 5.00. The smallest absolute Gasteiger partial charge is 0.338 e. The van der Waals surface area contributed by atoms with Crippen LogP contribution in [0.4, 0.5) is 4.39 Å². The normalized spacial score (nSPS) is 38.0. The molecule has 1 aromatic carbocycles. The molecule has 0 atom stereocenters. The Morgan fingerprint density at radius 2 is 1.50 bits per heavy atom. The first-order chi connectivity index (χ1) is 9.62. The van der Waals surface area contributed by atoms with Crippen LogP contribution in [0.3, 0.4) is 0 Å². The molecule has 1 aromatic rings. The van der Waals surface area contributed by atoms with Crippen LogP contribution in [0.1, 0.15) is 48.9 Å². The molecule has 0 saturated heterocycles. The van der Waals surface area contributed by atoms with Crippen molar-refractivity contribution in [2.75, 3.05) is 0 Å². The highest BCUT2D eigenvalue weighted by Crippen LogP contribution is 2.57. The lowest BCUT2D eigenvalue weighted by Gasteiger charge is -2.55. The van der Waals surface area contributed by atoms with Crippen molar-refractivity contribution in [1.29, 1.82) is 0 Å². The monoisotopic (exact) mass is 274 g/mol. The summed E-state index contributed by atoms with van der Waals surface area (Å²) in [6.07, 6.45) is 7.08. The van der Waals surface area contributed by atoms with Crippen molar-refractivity contribution in [3.63, 3.8) is 0 Å². The molecule has 4 fully saturated rings. The summed E-state index contributed by atoms with van der Waals surface area (Å²) in [5.74, 6) is 1.65. The van der Waals surface area contributed by atoms with Gasteiger partial charge < -0.3 is 4.74 Å². The maximum Gasteiger partial charge on any atom is 0.338 e. The molecule has 2 nitrogen and oxygen atoms in total. The third kappa shape index (κ3) is 2.04. The van der Waals surface area contributed by atoms with Crippen LogP contribution < -0.4 is 0 Å². The minimum absolute atomic E-state index is 0.222. The molecule has 5 rings (SSSR count). The molecule has 3 heteroatoms. The Bertz CT molecular complexity index is 499. The van der Waals surface area contributed by atoms with E-state index in [0.717, 1.165) is 37.0 Å². The maximum absolute atomic E-state index is 12.9. The minimum Gasteiger partial charge on any atom is -0.455 e. The molecule has 106 valence electrons. The fraction of sp³-hybridized carbons (Fsp3) is 0.588. The van der Waals surface area contributed by atoms with Crippen molar-refractivity contribution >= 4 is 5.97 Å². The number of esters is 1. The molecular weight excluding hydrogens is 255 g/mol. The summed E-state index contributed by atoms with van der Waals surface area (Å²) in [6.45, 7) is 0. The molecule has 0 heterocycles. The Hall–Kier alpha value is -1.38. The third-order valence-electron chi connectivity index (χ3n) is 5.37. The Morgan fingerprint density at radius 3 is 2.00 bits per heavy atom. The highest BCUT2D eigenvalue weighted by Gasteiger charge is 2.53. The molecule has 0 aliphatic heterocycles. The van der Waals surface area contributed by atoms with Gasteiger partial charge in [-0.05, 0) is 80.5 Å². The number of hydrogen-bond acceptors (Lipinski definition) is 2. The van der Waals surface area contributed by atoms with Gasteiger partial charge in [0.05, 0.1) is 5.56 Å². The quantitative estimate of drug-likeness (QED) is 0.763. The van der Waals surface area contributed by atoms with Gasteiger partial charge in [0.2, 0.25) is 0 Å². The molecule has 0 spiro atoms. The summed E-state index contributed by atoms with van der Waals surface area (Å²) in [7, 11) is 0. The molecular formula is C17H19FO2. The predicted octanol–water partition coefficient (Wildman–Crippen LogP) is 3.95. The van der Waals surface area contributed by atoms with Crippen LogP contribution in [-0.4, -0.2) is 11.6 Å². The van der Waals surface area contributed by atoms with E-state index in [2.05, 4.69) is 0 Å². The molecule has 20 heavy (non-hydrogen) atoms. The first kappa shape index (κ1) is 12.4. The first-order valence-electron chi connectivity index (χ1n) is 7.61. The molecule has 0 aromatic heterocycles. The van der Waals surface area contributed by atoms with Gasteiger partial charge >= 0.3 is 5.97 Å². The van der Waals surface area contributed by atoms with Crippen molar-refractivity contribution < 1.29 is 13.9 Å². The van der Waals surface area contributed by atoms with Crippen LogP contribution >= 0.6 is 0 Å². The SMILES string of the molecule is O=C(OC12CC3CC(CC(C3)C1)C2)c1ccc(F)cc1. The summed E-state index contributed by atoms with van der Waals surface area (Å²) >= 11 is 0. The van der Waals surface area contributed by atoms with E-state index in [1.807, 2.05) is 0 Å². The lowest BCUT2D eigenvalue weighted by molar-refractivity contribution is -0.131. The van der Waals surface area contributed by atoms with Gasteiger partial charge in [-0.2, -0.15) is 0 Å². The Kier molecular flexibility index (Phi) is 2.66. The van der Waals surface area contributed by atoms with Gasteiger partial charge in [0.25, 0.3) is 0 Å². The number of rotatable bonds is 2. The highest BCUT2D eigenvalue weighted by atomic mass is 19.1. The van der Waals surface area contributed by atoms with E-state index >= 15 is 0 Å². The largest absolute Gasteiger partial charge is 0.455 e. The number of hydrogen-bond donors (Lipinski definition) is 0. The standard InChI is InChI=1S/C17H19FO2/c18-15-3-1-14(2-4-15)16(19)20-17-8-11-5-12(9-17)7-13(6-11)10-17/h1-4,11-13H,5-10H2. The summed E-state index contributed by atoms with van der Waals surface area (Å²) in [5.41, 5.74) is 0.238. The summed E-state index contributed by atoms with van der Waals surface area (Å²) in [6, 6.07) is 5.66. The third-order valence-corrected chi connectivity index (χ3v) is 5.37. The van der Waals surface area contributed by atoms with Crippen molar-refractivity contribution in [3.05, 3.63) is 35.6 Å². The summed E-state index contributed by atoms with van der Waals surface area (Å²) < 4.78 is 18.8. The van der Waals surface area contributed by atoms with Gasteiger partial charge in [0.1, 0.15) is 11.4 Å². The topological polar surface area (TPSA) is 26.3 Å². The zero-order chi connectivity index (χ0) is 13.7. The van der Waals surface area contributed by atoms with Gasteiger partial charge in [0, 0.05) is 0 Å². The van der Waals surface area contributed by atoms with E-state index in [9.17, 15) is 9.18 Å². The molecule has 0 radical (unpaired) electrons.